The number of carboxylic acids is 1. The van der Waals surface area contributed by atoms with Crippen molar-refractivity contribution in [3.8, 4) is 0 Å². The van der Waals surface area contributed by atoms with E-state index in [2.05, 4.69) is 32.2 Å². The topological polar surface area (TPSA) is 86.7 Å². The number of rotatable bonds is 2. The van der Waals surface area contributed by atoms with Gasteiger partial charge in [0.25, 0.3) is 0 Å². The Morgan fingerprint density at radius 3 is 2.24 bits per heavy atom. The Morgan fingerprint density at radius 2 is 1.68 bits per heavy atom. The summed E-state index contributed by atoms with van der Waals surface area (Å²) < 4.78 is 0. The summed E-state index contributed by atoms with van der Waals surface area (Å²) in [7, 11) is 0. The zero-order chi connectivity index (χ0) is 27.7. The van der Waals surface area contributed by atoms with E-state index in [1.165, 1.54) is 10.5 Å². The zero-order valence-electron chi connectivity index (χ0n) is 24.4. The van der Waals surface area contributed by atoms with Crippen LogP contribution in [0.15, 0.2) is 23.3 Å². The van der Waals surface area contributed by atoms with E-state index in [1.54, 1.807) is 0 Å². The van der Waals surface area contributed by atoms with Gasteiger partial charge in [0.15, 0.2) is 0 Å². The second-order valence-corrected chi connectivity index (χ2v) is 14.8. The van der Waals surface area contributed by atoms with Gasteiger partial charge in [-0.15, -0.1) is 0 Å². The third-order valence-electron chi connectivity index (χ3n) is 10.5. The number of aliphatic carboxylic acids is 1. The lowest BCUT2D eigenvalue weighted by Gasteiger charge is -2.58. The lowest BCUT2D eigenvalue weighted by atomic mass is 9.46. The zero-order valence-corrected chi connectivity index (χ0v) is 24.4. The van der Waals surface area contributed by atoms with Crippen LogP contribution in [-0.4, -0.2) is 39.0 Å². The van der Waals surface area contributed by atoms with Crippen LogP contribution in [0, 0.1) is 40.4 Å². The summed E-state index contributed by atoms with van der Waals surface area (Å²) in [5, 5.41) is 12.7. The van der Waals surface area contributed by atoms with Gasteiger partial charge in [0.2, 0.25) is 5.91 Å². The smallest absolute Gasteiger partial charge is 0.331 e. The highest BCUT2D eigenvalue weighted by molar-refractivity contribution is 5.97. The summed E-state index contributed by atoms with van der Waals surface area (Å²) in [6, 6.07) is -0.305. The van der Waals surface area contributed by atoms with E-state index in [1.807, 2.05) is 47.6 Å². The van der Waals surface area contributed by atoms with Gasteiger partial charge in [-0.1, -0.05) is 26.8 Å². The summed E-state index contributed by atoms with van der Waals surface area (Å²) in [5.74, 6) is 0.676. The summed E-state index contributed by atoms with van der Waals surface area (Å²) in [6.45, 7) is 18.5. The number of nitrogens with zero attached hydrogens (tertiary/aromatic N) is 1. The molecule has 37 heavy (non-hydrogen) atoms. The van der Waals surface area contributed by atoms with Gasteiger partial charge in [-0.25, -0.2) is 9.59 Å². The largest absolute Gasteiger partial charge is 0.478 e. The molecule has 6 heteroatoms. The summed E-state index contributed by atoms with van der Waals surface area (Å²) >= 11 is 0. The second kappa shape index (κ2) is 8.98. The lowest BCUT2D eigenvalue weighted by Crippen LogP contribution is -2.60. The number of hydrogen-bond acceptors (Lipinski definition) is 3. The molecule has 0 aromatic rings. The van der Waals surface area contributed by atoms with Crippen LogP contribution in [0.4, 0.5) is 4.79 Å². The second-order valence-electron chi connectivity index (χ2n) is 14.8. The number of carboxylic acid groups (broad SMARTS) is 1. The highest BCUT2D eigenvalue weighted by Gasteiger charge is 2.61. The maximum Gasteiger partial charge on any atom is 0.331 e. The molecule has 0 radical (unpaired) electrons. The Balaban J connectivity index is 1.63. The van der Waals surface area contributed by atoms with Crippen molar-refractivity contribution < 1.29 is 19.5 Å². The minimum Gasteiger partial charge on any atom is -0.478 e. The first kappa shape index (κ1) is 27.9. The molecule has 6 nitrogen and oxygen atoms in total. The molecule has 0 saturated heterocycles. The van der Waals surface area contributed by atoms with E-state index >= 15 is 0 Å². The first-order chi connectivity index (χ1) is 16.9. The summed E-state index contributed by atoms with van der Waals surface area (Å²) in [5.41, 5.74) is 0.531. The van der Waals surface area contributed by atoms with E-state index < -0.39 is 17.0 Å². The number of hydrogen-bond donors (Lipinski definition) is 2. The molecular formula is C31H48N2O4. The molecule has 3 amide bonds. The number of carbonyl (C=O) groups excluding carboxylic acids is 2. The van der Waals surface area contributed by atoms with Crippen LogP contribution in [-0.2, 0) is 9.59 Å². The average molecular weight is 513 g/mol. The minimum absolute atomic E-state index is 0.0315. The molecule has 0 aromatic heterocycles. The number of urea groups is 1. The van der Waals surface area contributed by atoms with Crippen molar-refractivity contribution in [1.82, 2.24) is 10.2 Å². The van der Waals surface area contributed by atoms with Crippen LogP contribution in [0.1, 0.15) is 101 Å². The Hall–Kier alpha value is -2.11. The first-order valence-electron chi connectivity index (χ1n) is 14.2. The molecule has 2 fully saturated rings. The Labute approximate surface area is 223 Å². The molecule has 0 aromatic carbocycles. The molecule has 0 bridgehead atoms. The van der Waals surface area contributed by atoms with Gasteiger partial charge in [-0.2, -0.15) is 0 Å². The van der Waals surface area contributed by atoms with Crippen LogP contribution < -0.4 is 5.32 Å². The lowest BCUT2D eigenvalue weighted by molar-refractivity contribution is -0.143. The van der Waals surface area contributed by atoms with E-state index in [9.17, 15) is 19.5 Å². The van der Waals surface area contributed by atoms with E-state index in [4.69, 9.17) is 0 Å². The Morgan fingerprint density at radius 1 is 1.03 bits per heavy atom. The predicted molar refractivity (Wildman–Crippen MR) is 146 cm³/mol. The van der Waals surface area contributed by atoms with Crippen molar-refractivity contribution in [3.05, 3.63) is 23.3 Å². The van der Waals surface area contributed by atoms with Gasteiger partial charge in [-0.05, 0) is 126 Å². The van der Waals surface area contributed by atoms with Gasteiger partial charge in [0.1, 0.15) is 0 Å². The fourth-order valence-electron chi connectivity index (χ4n) is 8.53. The van der Waals surface area contributed by atoms with Crippen molar-refractivity contribution >= 4 is 17.9 Å². The SMILES string of the molecule is CC1CC(C(=O)O)=CC2=CC[C@H]3[C@@H]4CC[C@H](C(=O)N(C(=O)NC(C)(C)C)C(C)(C)C)[C@@]4(C)CC[C@@H]3[C@]21C. The van der Waals surface area contributed by atoms with Crippen LogP contribution in [0.25, 0.3) is 0 Å². The molecule has 7 atom stereocenters. The van der Waals surface area contributed by atoms with Crippen molar-refractivity contribution in [2.75, 3.05) is 0 Å². The quantitative estimate of drug-likeness (QED) is 0.438. The molecule has 1 unspecified atom stereocenters. The van der Waals surface area contributed by atoms with E-state index in [-0.39, 0.29) is 34.6 Å². The standard InChI is InChI=1S/C31H48N2O4/c1-18-16-19(26(35)36)17-20-10-11-21-22-12-13-24(30(22,8)15-14-23(21)31(18,20)9)25(34)33(29(5,6)7)27(37)32-28(2,3)4/h10,17-18,21-24H,11-16H2,1-9H3,(H,32,37)(H,35,36)/t18?,21-,22-,23-,24+,30-,31-/m0/s1. The molecule has 2 saturated carbocycles. The van der Waals surface area contributed by atoms with Gasteiger partial charge < -0.3 is 10.4 Å². The predicted octanol–water partition coefficient (Wildman–Crippen LogP) is 6.57. The fraction of sp³-hybridized carbons (Fsp3) is 0.774. The summed E-state index contributed by atoms with van der Waals surface area (Å²) in [6.07, 6.45) is 9.65. The number of imide groups is 1. The van der Waals surface area contributed by atoms with Crippen LogP contribution in [0.3, 0.4) is 0 Å². The van der Waals surface area contributed by atoms with Crippen molar-refractivity contribution in [2.24, 2.45) is 40.4 Å². The van der Waals surface area contributed by atoms with Crippen LogP contribution in [0.5, 0.6) is 0 Å². The van der Waals surface area contributed by atoms with Crippen molar-refractivity contribution in [1.29, 1.82) is 0 Å². The average Bonchev–Trinajstić information content (AvgIpc) is 3.09. The molecule has 2 N–H and O–H groups in total. The molecule has 0 heterocycles. The Kier molecular flexibility index (Phi) is 6.78. The number of amides is 3. The Bertz CT molecular complexity index is 1040. The highest BCUT2D eigenvalue weighted by Crippen LogP contribution is 2.67. The van der Waals surface area contributed by atoms with E-state index in [0.717, 1.165) is 32.1 Å². The van der Waals surface area contributed by atoms with Crippen LogP contribution in [0.2, 0.25) is 0 Å². The molecule has 0 spiro atoms. The van der Waals surface area contributed by atoms with Crippen molar-refractivity contribution in [3.63, 3.8) is 0 Å². The molecule has 4 rings (SSSR count). The van der Waals surface area contributed by atoms with Gasteiger partial charge >= 0.3 is 12.0 Å². The fourth-order valence-corrected chi connectivity index (χ4v) is 8.53. The number of fused-ring (bicyclic) bond motifs is 5. The normalized spacial score (nSPS) is 37.4. The van der Waals surface area contributed by atoms with Gasteiger partial charge in [0.05, 0.1) is 0 Å². The number of allylic oxidation sites excluding steroid dienone is 3. The molecular weight excluding hydrogens is 464 g/mol. The maximum atomic E-state index is 14.2. The van der Waals surface area contributed by atoms with Crippen molar-refractivity contribution in [2.45, 2.75) is 112 Å². The molecule has 4 aliphatic rings. The molecule has 0 aliphatic heterocycles. The minimum atomic E-state index is -0.802. The van der Waals surface area contributed by atoms with Crippen LogP contribution >= 0.6 is 0 Å². The van der Waals surface area contributed by atoms with E-state index in [0.29, 0.717) is 29.7 Å². The number of nitrogens with one attached hydrogen (secondary N) is 1. The molecule has 206 valence electrons. The maximum absolute atomic E-state index is 14.2. The third-order valence-corrected chi connectivity index (χ3v) is 10.5. The monoisotopic (exact) mass is 512 g/mol. The van der Waals surface area contributed by atoms with Gasteiger partial charge in [-0.3, -0.25) is 9.69 Å². The highest BCUT2D eigenvalue weighted by atomic mass is 16.4. The third kappa shape index (κ3) is 4.57. The molecule has 4 aliphatic carbocycles. The summed E-state index contributed by atoms with van der Waals surface area (Å²) in [4.78, 5) is 40.8. The van der Waals surface area contributed by atoms with Gasteiger partial charge in [0, 0.05) is 22.6 Å². The first-order valence-corrected chi connectivity index (χ1v) is 14.2. The number of carbonyl (C=O) groups is 3.